The molecule has 0 atom stereocenters. The number of ether oxygens (including phenoxy) is 1. The van der Waals surface area contributed by atoms with Crippen LogP contribution in [0.15, 0.2) is 0 Å². The minimum Gasteiger partial charge on any atom is -0.466 e. The first-order valence-corrected chi connectivity index (χ1v) is 6.12. The van der Waals surface area contributed by atoms with E-state index in [1.54, 1.807) is 0 Å². The molecule has 0 spiro atoms. The molecule has 0 aliphatic heterocycles. The molecular weight excluding hydrogens is 224 g/mol. The van der Waals surface area contributed by atoms with Gasteiger partial charge >= 0.3 is 5.97 Å². The topological polar surface area (TPSA) is 87.0 Å². The van der Waals surface area contributed by atoms with Crippen LogP contribution in [0.5, 0.6) is 0 Å². The lowest BCUT2D eigenvalue weighted by Gasteiger charge is -2.26. The van der Waals surface area contributed by atoms with Crippen molar-refractivity contribution in [3.8, 4) is 0 Å². The first-order valence-electron chi connectivity index (χ1n) is 6.12. The summed E-state index contributed by atoms with van der Waals surface area (Å²) in [4.78, 5) is 11.3. The van der Waals surface area contributed by atoms with Gasteiger partial charge in [-0.15, -0.1) is 0 Å². The predicted molar refractivity (Wildman–Crippen MR) is 63.4 cm³/mol. The number of aliphatic hydroxyl groups excluding tert-OH is 3. The van der Waals surface area contributed by atoms with Crippen LogP contribution in [0.25, 0.3) is 0 Å². The van der Waals surface area contributed by atoms with E-state index in [0.29, 0.717) is 19.4 Å². The summed E-state index contributed by atoms with van der Waals surface area (Å²) in [6.07, 6.45) is 2.99. The van der Waals surface area contributed by atoms with Crippen LogP contribution >= 0.6 is 0 Å². The number of rotatable bonds is 10. The van der Waals surface area contributed by atoms with Gasteiger partial charge < -0.3 is 20.1 Å². The summed E-state index contributed by atoms with van der Waals surface area (Å²) in [7, 11) is 0. The number of carbonyl (C=O) groups excluding carboxylic acids is 1. The Morgan fingerprint density at radius 2 is 1.71 bits per heavy atom. The van der Waals surface area contributed by atoms with Gasteiger partial charge in [-0.2, -0.15) is 0 Å². The molecule has 0 aromatic carbocycles. The quantitative estimate of drug-likeness (QED) is 0.386. The van der Waals surface area contributed by atoms with Crippen LogP contribution in [0.1, 0.15) is 39.0 Å². The van der Waals surface area contributed by atoms with Gasteiger partial charge in [0.15, 0.2) is 0 Å². The highest BCUT2D eigenvalue weighted by Gasteiger charge is 2.27. The minimum atomic E-state index is -0.885. The Hall–Kier alpha value is -0.650. The van der Waals surface area contributed by atoms with E-state index in [1.165, 1.54) is 0 Å². The summed E-state index contributed by atoms with van der Waals surface area (Å²) in [6, 6.07) is 0. The van der Waals surface area contributed by atoms with Crippen LogP contribution in [-0.2, 0) is 9.53 Å². The molecule has 5 nitrogen and oxygen atoms in total. The Kier molecular flexibility index (Phi) is 9.03. The zero-order valence-corrected chi connectivity index (χ0v) is 10.5. The molecule has 0 bridgehead atoms. The van der Waals surface area contributed by atoms with Crippen molar-refractivity contribution < 1.29 is 24.9 Å². The molecule has 3 N–H and O–H groups in total. The molecule has 0 radical (unpaired) electrons. The summed E-state index contributed by atoms with van der Waals surface area (Å²) in [5.41, 5.74) is -0.885. The van der Waals surface area contributed by atoms with E-state index >= 15 is 0 Å². The van der Waals surface area contributed by atoms with E-state index < -0.39 is 5.41 Å². The van der Waals surface area contributed by atoms with Crippen molar-refractivity contribution in [3.63, 3.8) is 0 Å². The Labute approximate surface area is 102 Å². The van der Waals surface area contributed by atoms with E-state index in [4.69, 9.17) is 20.1 Å². The van der Waals surface area contributed by atoms with Crippen LogP contribution in [0.3, 0.4) is 0 Å². The fourth-order valence-electron chi connectivity index (χ4n) is 1.40. The van der Waals surface area contributed by atoms with Crippen molar-refractivity contribution in [2.45, 2.75) is 39.0 Å². The monoisotopic (exact) mass is 248 g/mol. The second kappa shape index (κ2) is 9.39. The van der Waals surface area contributed by atoms with E-state index in [2.05, 4.69) is 0 Å². The maximum Gasteiger partial charge on any atom is 0.305 e. The maximum atomic E-state index is 11.3. The molecule has 0 saturated heterocycles. The summed E-state index contributed by atoms with van der Waals surface area (Å²) in [5.74, 6) is -0.263. The second-order valence-electron chi connectivity index (χ2n) is 4.40. The van der Waals surface area contributed by atoms with Crippen LogP contribution in [0.2, 0.25) is 0 Å². The zero-order chi connectivity index (χ0) is 13.1. The van der Waals surface area contributed by atoms with E-state index in [1.807, 2.05) is 6.92 Å². The summed E-state index contributed by atoms with van der Waals surface area (Å²) in [6.45, 7) is 1.60. The van der Waals surface area contributed by atoms with Gasteiger partial charge in [0.05, 0.1) is 26.4 Å². The standard InChI is InChI=1S/C12H24O5/c1-2-3-7-17-11(16)5-4-6-12(8-13,9-14)10-15/h13-15H,2-10H2,1H3. The SMILES string of the molecule is CCCCOC(=O)CCCC(CO)(CO)CO. The van der Waals surface area contributed by atoms with Crippen LogP contribution < -0.4 is 0 Å². The van der Waals surface area contributed by atoms with E-state index in [-0.39, 0.29) is 32.2 Å². The molecule has 0 saturated carbocycles. The van der Waals surface area contributed by atoms with E-state index in [0.717, 1.165) is 12.8 Å². The third-order valence-electron chi connectivity index (χ3n) is 2.86. The lowest BCUT2D eigenvalue weighted by atomic mass is 9.85. The van der Waals surface area contributed by atoms with Crippen molar-refractivity contribution in [1.82, 2.24) is 0 Å². The Balaban J connectivity index is 3.77. The highest BCUT2D eigenvalue weighted by molar-refractivity contribution is 5.69. The van der Waals surface area contributed by atoms with Gasteiger partial charge in [0.1, 0.15) is 0 Å². The number of hydrogen-bond donors (Lipinski definition) is 3. The van der Waals surface area contributed by atoms with Gasteiger partial charge in [-0.05, 0) is 19.3 Å². The predicted octanol–water partition coefficient (Wildman–Crippen LogP) is 0.463. The highest BCUT2D eigenvalue weighted by atomic mass is 16.5. The van der Waals surface area contributed by atoms with Crippen LogP contribution in [0, 0.1) is 5.41 Å². The first kappa shape index (κ1) is 16.4. The highest BCUT2D eigenvalue weighted by Crippen LogP contribution is 2.22. The molecular formula is C12H24O5. The van der Waals surface area contributed by atoms with Gasteiger partial charge in [-0.25, -0.2) is 0 Å². The van der Waals surface area contributed by atoms with Crippen LogP contribution in [0.4, 0.5) is 0 Å². The first-order chi connectivity index (χ1) is 8.14. The largest absolute Gasteiger partial charge is 0.466 e. The molecule has 0 amide bonds. The van der Waals surface area contributed by atoms with Crippen molar-refractivity contribution in [3.05, 3.63) is 0 Å². The normalized spacial score (nSPS) is 11.5. The van der Waals surface area contributed by atoms with Crippen molar-refractivity contribution in [2.24, 2.45) is 5.41 Å². The molecule has 0 aliphatic rings. The van der Waals surface area contributed by atoms with Crippen LogP contribution in [-0.4, -0.2) is 47.7 Å². The Bertz CT molecular complexity index is 193. The summed E-state index contributed by atoms with van der Waals surface area (Å²) >= 11 is 0. The van der Waals surface area contributed by atoms with Gasteiger partial charge in [0, 0.05) is 11.8 Å². The average molecular weight is 248 g/mol. The average Bonchev–Trinajstić information content (AvgIpc) is 2.36. The Morgan fingerprint density at radius 3 is 2.18 bits per heavy atom. The fraction of sp³-hybridized carbons (Fsp3) is 0.917. The van der Waals surface area contributed by atoms with Crippen molar-refractivity contribution >= 4 is 5.97 Å². The molecule has 0 heterocycles. The third kappa shape index (κ3) is 6.61. The molecule has 5 heteroatoms. The molecule has 0 fully saturated rings. The van der Waals surface area contributed by atoms with Crippen molar-refractivity contribution in [1.29, 1.82) is 0 Å². The molecule has 0 rings (SSSR count). The molecule has 0 aliphatic carbocycles. The number of carbonyl (C=O) groups is 1. The molecule has 17 heavy (non-hydrogen) atoms. The lowest BCUT2D eigenvalue weighted by molar-refractivity contribution is -0.144. The number of esters is 1. The molecule has 102 valence electrons. The molecule has 0 unspecified atom stereocenters. The summed E-state index contributed by atoms with van der Waals surface area (Å²) < 4.78 is 4.97. The second-order valence-corrected chi connectivity index (χ2v) is 4.40. The maximum absolute atomic E-state index is 11.3. The molecule has 0 aromatic rings. The van der Waals surface area contributed by atoms with E-state index in [9.17, 15) is 4.79 Å². The minimum absolute atomic E-state index is 0.255. The molecule has 0 aromatic heterocycles. The van der Waals surface area contributed by atoms with Crippen molar-refractivity contribution in [2.75, 3.05) is 26.4 Å². The fourth-order valence-corrected chi connectivity index (χ4v) is 1.40. The van der Waals surface area contributed by atoms with Gasteiger partial charge in [0.2, 0.25) is 0 Å². The third-order valence-corrected chi connectivity index (χ3v) is 2.86. The van der Waals surface area contributed by atoms with Gasteiger partial charge in [-0.3, -0.25) is 4.79 Å². The zero-order valence-electron chi connectivity index (χ0n) is 10.5. The van der Waals surface area contributed by atoms with Gasteiger partial charge in [0.25, 0.3) is 0 Å². The number of hydrogen-bond acceptors (Lipinski definition) is 5. The number of aliphatic hydroxyl groups is 3. The Morgan fingerprint density at radius 1 is 1.12 bits per heavy atom. The van der Waals surface area contributed by atoms with Gasteiger partial charge in [-0.1, -0.05) is 13.3 Å². The summed E-state index contributed by atoms with van der Waals surface area (Å²) in [5, 5.41) is 27.2. The number of unbranched alkanes of at least 4 members (excludes halogenated alkanes) is 1. The smallest absolute Gasteiger partial charge is 0.305 e. The lowest BCUT2D eigenvalue weighted by Crippen LogP contribution is -2.34.